The molecule has 0 aliphatic heterocycles. The van der Waals surface area contributed by atoms with Crippen LogP contribution >= 0.6 is 0 Å². The van der Waals surface area contributed by atoms with Gasteiger partial charge in [0, 0.05) is 12.2 Å². The number of ether oxygens (including phenoxy) is 2. The van der Waals surface area contributed by atoms with E-state index in [2.05, 4.69) is 0 Å². The second-order valence-electron chi connectivity index (χ2n) is 6.09. The molecule has 3 rings (SSSR count). The molecule has 0 saturated heterocycles. The van der Waals surface area contributed by atoms with E-state index in [-0.39, 0.29) is 35.3 Å². The van der Waals surface area contributed by atoms with Gasteiger partial charge in [-0.25, -0.2) is 0 Å². The summed E-state index contributed by atoms with van der Waals surface area (Å²) < 4.78 is 11.4. The van der Waals surface area contributed by atoms with E-state index in [0.717, 1.165) is 11.1 Å². The zero-order chi connectivity index (χ0) is 18.5. The summed E-state index contributed by atoms with van der Waals surface area (Å²) in [7, 11) is 0. The zero-order valence-corrected chi connectivity index (χ0v) is 14.7. The quantitative estimate of drug-likeness (QED) is 0.723. The third kappa shape index (κ3) is 4.09. The molecular weight excluding hydrogens is 328 g/mol. The number of allylic oxidation sites excluding steroid dienone is 2. The molecule has 0 saturated carbocycles. The van der Waals surface area contributed by atoms with Crippen molar-refractivity contribution in [1.82, 2.24) is 0 Å². The van der Waals surface area contributed by atoms with Crippen molar-refractivity contribution in [2.45, 2.75) is 26.1 Å². The van der Waals surface area contributed by atoms with Crippen molar-refractivity contribution in [2.24, 2.45) is 0 Å². The molecule has 2 unspecified atom stereocenters. The van der Waals surface area contributed by atoms with Gasteiger partial charge >= 0.3 is 0 Å². The maximum absolute atomic E-state index is 12.3. The fraction of sp³-hybridized carbons (Fsp3) is 0.182. The number of carbonyl (C=O) groups is 2. The average Bonchev–Trinajstić information content (AvgIpc) is 2.67. The summed E-state index contributed by atoms with van der Waals surface area (Å²) in [5.41, 5.74) is 1.86. The van der Waals surface area contributed by atoms with Crippen LogP contribution in [0.15, 0.2) is 84.3 Å². The molecule has 0 radical (unpaired) electrons. The topological polar surface area (TPSA) is 52.6 Å². The zero-order valence-electron chi connectivity index (χ0n) is 14.7. The first-order valence-electron chi connectivity index (χ1n) is 8.50. The summed E-state index contributed by atoms with van der Waals surface area (Å²) in [5.74, 6) is -0.678. The predicted octanol–water partition coefficient (Wildman–Crippen LogP) is 4.46. The Kier molecular flexibility index (Phi) is 5.32. The van der Waals surface area contributed by atoms with Crippen LogP contribution in [0.25, 0.3) is 0 Å². The molecule has 4 nitrogen and oxygen atoms in total. The summed E-state index contributed by atoms with van der Waals surface area (Å²) in [6, 6.07) is 19.0. The van der Waals surface area contributed by atoms with E-state index in [1.54, 1.807) is 0 Å². The van der Waals surface area contributed by atoms with Crippen LogP contribution in [0, 0.1) is 0 Å². The molecule has 0 heterocycles. The number of hydrogen-bond donors (Lipinski definition) is 0. The van der Waals surface area contributed by atoms with Gasteiger partial charge in [-0.1, -0.05) is 60.7 Å². The Bertz CT molecular complexity index is 777. The van der Waals surface area contributed by atoms with Gasteiger partial charge < -0.3 is 9.47 Å². The lowest BCUT2D eigenvalue weighted by Gasteiger charge is -2.21. The van der Waals surface area contributed by atoms with Crippen molar-refractivity contribution in [3.63, 3.8) is 0 Å². The first-order chi connectivity index (χ1) is 12.5. The molecule has 0 aromatic heterocycles. The third-order valence-electron chi connectivity index (χ3n) is 4.16. The highest BCUT2D eigenvalue weighted by Gasteiger charge is 2.25. The van der Waals surface area contributed by atoms with Gasteiger partial charge in [0.05, 0.1) is 0 Å². The van der Waals surface area contributed by atoms with Crippen molar-refractivity contribution >= 4 is 11.6 Å². The molecule has 0 amide bonds. The monoisotopic (exact) mass is 348 g/mol. The molecule has 0 bridgehead atoms. The van der Waals surface area contributed by atoms with Gasteiger partial charge in [-0.15, -0.1) is 0 Å². The van der Waals surface area contributed by atoms with Crippen LogP contribution in [0.4, 0.5) is 0 Å². The van der Waals surface area contributed by atoms with E-state index in [4.69, 9.17) is 9.47 Å². The van der Waals surface area contributed by atoms with Crippen LogP contribution in [0.1, 0.15) is 37.2 Å². The lowest BCUT2D eigenvalue weighted by molar-refractivity contribution is -0.121. The molecule has 0 fully saturated rings. The van der Waals surface area contributed by atoms with Crippen molar-refractivity contribution < 1.29 is 19.1 Å². The van der Waals surface area contributed by atoms with Crippen LogP contribution in [-0.4, -0.2) is 11.6 Å². The van der Waals surface area contributed by atoms with Crippen LogP contribution in [0.5, 0.6) is 0 Å². The Morgan fingerprint density at radius 3 is 1.31 bits per heavy atom. The maximum atomic E-state index is 12.3. The minimum atomic E-state index is -0.373. The van der Waals surface area contributed by atoms with Gasteiger partial charge in [-0.05, 0) is 25.0 Å². The highest BCUT2D eigenvalue weighted by Crippen LogP contribution is 2.26. The molecule has 4 heteroatoms. The Morgan fingerprint density at radius 1 is 0.615 bits per heavy atom. The average molecular weight is 348 g/mol. The minimum absolute atomic E-state index is 0.0334. The smallest absolute Gasteiger partial charge is 0.224 e. The van der Waals surface area contributed by atoms with Gasteiger partial charge in [-0.2, -0.15) is 0 Å². The number of hydrogen-bond acceptors (Lipinski definition) is 4. The van der Waals surface area contributed by atoms with Crippen molar-refractivity contribution in [3.8, 4) is 0 Å². The van der Waals surface area contributed by atoms with Gasteiger partial charge in [0.25, 0.3) is 0 Å². The molecule has 2 aromatic rings. The number of rotatable bonds is 6. The lowest BCUT2D eigenvalue weighted by atomic mass is 10.1. The molecule has 26 heavy (non-hydrogen) atoms. The van der Waals surface area contributed by atoms with Gasteiger partial charge in [0.1, 0.15) is 12.2 Å². The summed E-state index contributed by atoms with van der Waals surface area (Å²) in [4.78, 5) is 24.7. The van der Waals surface area contributed by atoms with Crippen LogP contribution in [0.2, 0.25) is 0 Å². The molecule has 0 N–H and O–H groups in total. The lowest BCUT2D eigenvalue weighted by Crippen LogP contribution is -2.18. The number of ketones is 2. The standard InChI is InChI=1S/C22H20O4/c1-15(17-9-5-3-6-10-17)25-21-13-20(24)22(14-19(21)23)26-16(2)18-11-7-4-8-12-18/h3-16H,1-2H3. The van der Waals surface area contributed by atoms with E-state index in [9.17, 15) is 9.59 Å². The fourth-order valence-electron chi connectivity index (χ4n) is 2.67. The van der Waals surface area contributed by atoms with Crippen molar-refractivity contribution in [2.75, 3.05) is 0 Å². The molecule has 1 aliphatic carbocycles. The Balaban J connectivity index is 1.68. The molecule has 2 atom stereocenters. The van der Waals surface area contributed by atoms with Crippen LogP contribution < -0.4 is 0 Å². The Hall–Kier alpha value is -3.14. The van der Waals surface area contributed by atoms with Gasteiger partial charge in [-0.3, -0.25) is 9.59 Å². The summed E-state index contributed by atoms with van der Waals surface area (Å²) in [6.45, 7) is 3.67. The van der Waals surface area contributed by atoms with Crippen molar-refractivity contribution in [3.05, 3.63) is 95.5 Å². The summed E-state index contributed by atoms with van der Waals surface area (Å²) in [5, 5.41) is 0. The highest BCUT2D eigenvalue weighted by atomic mass is 16.5. The number of benzene rings is 2. The summed E-state index contributed by atoms with van der Waals surface area (Å²) >= 11 is 0. The van der Waals surface area contributed by atoms with Gasteiger partial charge in [0.15, 0.2) is 11.5 Å². The normalized spacial score (nSPS) is 16.4. The largest absolute Gasteiger partial charge is 0.482 e. The van der Waals surface area contributed by atoms with E-state index in [0.29, 0.717) is 0 Å². The van der Waals surface area contributed by atoms with Crippen LogP contribution in [-0.2, 0) is 19.1 Å². The molecule has 2 aromatic carbocycles. The van der Waals surface area contributed by atoms with Crippen LogP contribution in [0.3, 0.4) is 0 Å². The third-order valence-corrected chi connectivity index (χ3v) is 4.16. The molecule has 1 aliphatic rings. The SMILES string of the molecule is CC(OC1=CC(=O)C(OC(C)c2ccccc2)=CC1=O)c1ccccc1. The summed E-state index contributed by atoms with van der Waals surface area (Å²) in [6.07, 6.45) is 1.74. The van der Waals surface area contributed by atoms with E-state index >= 15 is 0 Å². The van der Waals surface area contributed by atoms with Gasteiger partial charge in [0.2, 0.25) is 11.6 Å². The maximum Gasteiger partial charge on any atom is 0.224 e. The van der Waals surface area contributed by atoms with E-state index in [1.165, 1.54) is 12.2 Å². The second-order valence-corrected chi connectivity index (χ2v) is 6.09. The first kappa shape index (κ1) is 17.7. The predicted molar refractivity (Wildman–Crippen MR) is 98.1 cm³/mol. The van der Waals surface area contributed by atoms with E-state index in [1.807, 2.05) is 74.5 Å². The van der Waals surface area contributed by atoms with Crippen molar-refractivity contribution in [1.29, 1.82) is 0 Å². The Morgan fingerprint density at radius 2 is 0.962 bits per heavy atom. The molecule has 0 spiro atoms. The van der Waals surface area contributed by atoms with E-state index < -0.39 is 0 Å². The molecule has 132 valence electrons. The fourth-order valence-corrected chi connectivity index (χ4v) is 2.67. The minimum Gasteiger partial charge on any atom is -0.482 e. The Labute approximate surface area is 152 Å². The second kappa shape index (κ2) is 7.83. The first-order valence-corrected chi connectivity index (χ1v) is 8.50. The molecular formula is C22H20O4. The number of carbonyl (C=O) groups excluding carboxylic acids is 2. The highest BCUT2D eigenvalue weighted by molar-refractivity contribution is 6.18.